The van der Waals surface area contributed by atoms with E-state index in [-0.39, 0.29) is 0 Å². The molecule has 2 rings (SSSR count). The largest absolute Gasteiger partial charge is 0.306 e. The van der Waals surface area contributed by atoms with Crippen LogP contribution in [0.15, 0.2) is 12.3 Å². The first kappa shape index (κ1) is 9.14. The summed E-state index contributed by atoms with van der Waals surface area (Å²) in [6.07, 6.45) is 3.87. The first-order chi connectivity index (χ1) is 6.79. The van der Waals surface area contributed by atoms with E-state index in [0.717, 1.165) is 11.8 Å². The van der Waals surface area contributed by atoms with Crippen molar-refractivity contribution in [3.8, 4) is 0 Å². The minimum atomic E-state index is -0.520. The lowest BCUT2D eigenvalue weighted by molar-refractivity contribution is -0.131. The first-order valence-corrected chi connectivity index (χ1v) is 4.95. The van der Waals surface area contributed by atoms with Gasteiger partial charge >= 0.3 is 5.91 Å². The third-order valence-electron chi connectivity index (χ3n) is 1.76. The Morgan fingerprint density at radius 1 is 1.50 bits per heavy atom. The molecule has 14 heavy (non-hydrogen) atoms. The van der Waals surface area contributed by atoms with E-state index in [9.17, 15) is 9.59 Å². The van der Waals surface area contributed by atoms with Crippen LogP contribution in [0.3, 0.4) is 0 Å². The predicted molar refractivity (Wildman–Crippen MR) is 50.7 cm³/mol. The number of thioether (sulfide) groups is 1. The molecule has 5 nitrogen and oxygen atoms in total. The van der Waals surface area contributed by atoms with Crippen molar-refractivity contribution in [2.75, 3.05) is 17.2 Å². The number of rotatable bonds is 1. The highest BCUT2D eigenvalue weighted by Gasteiger charge is 2.28. The fourth-order valence-electron chi connectivity index (χ4n) is 1.13. The lowest BCUT2D eigenvalue weighted by Gasteiger charge is -2.23. The molecule has 0 aromatic carbocycles. The summed E-state index contributed by atoms with van der Waals surface area (Å²) in [6, 6.07) is 1.58. The lowest BCUT2D eigenvalue weighted by Crippen LogP contribution is -2.41. The number of anilines is 1. The second kappa shape index (κ2) is 3.75. The van der Waals surface area contributed by atoms with Crippen molar-refractivity contribution < 1.29 is 9.59 Å². The summed E-state index contributed by atoms with van der Waals surface area (Å²) in [4.78, 5) is 31.3. The molecule has 0 spiro atoms. The molecule has 1 fully saturated rings. The standard InChI is InChI=1S/C8H6N3O2S/c12-7-8(13)14-4-3-11(7)6-1-2-9-5-10-6/h1-2H,3-4H2. The van der Waals surface area contributed by atoms with Gasteiger partial charge in [0.05, 0.1) is 0 Å². The molecule has 1 saturated heterocycles. The average molecular weight is 208 g/mol. The van der Waals surface area contributed by atoms with Crippen molar-refractivity contribution in [2.45, 2.75) is 0 Å². The fraction of sp³-hybridized carbons (Fsp3) is 0.250. The van der Waals surface area contributed by atoms with Crippen LogP contribution in [0.2, 0.25) is 0 Å². The zero-order chi connectivity index (χ0) is 9.97. The van der Waals surface area contributed by atoms with Gasteiger partial charge in [-0.2, -0.15) is 0 Å². The van der Waals surface area contributed by atoms with E-state index in [1.54, 1.807) is 6.07 Å². The number of aromatic nitrogens is 2. The van der Waals surface area contributed by atoms with Crippen molar-refractivity contribution in [1.82, 2.24) is 9.97 Å². The minimum absolute atomic E-state index is 0.429. The van der Waals surface area contributed by atoms with Crippen molar-refractivity contribution in [3.63, 3.8) is 0 Å². The van der Waals surface area contributed by atoms with Crippen LogP contribution in [0.1, 0.15) is 0 Å². The Morgan fingerprint density at radius 3 is 3.07 bits per heavy atom. The maximum Gasteiger partial charge on any atom is 0.306 e. The molecule has 1 amide bonds. The van der Waals surface area contributed by atoms with Gasteiger partial charge in [0.2, 0.25) is 0 Å². The van der Waals surface area contributed by atoms with Crippen LogP contribution in [0.4, 0.5) is 5.82 Å². The Bertz CT molecular complexity index is 368. The van der Waals surface area contributed by atoms with E-state index in [1.165, 1.54) is 11.1 Å². The Morgan fingerprint density at radius 2 is 2.36 bits per heavy atom. The number of carbonyl (C=O) groups is 2. The molecule has 1 radical (unpaired) electrons. The summed E-state index contributed by atoms with van der Waals surface area (Å²) < 4.78 is 0. The highest BCUT2D eigenvalue weighted by molar-refractivity contribution is 8.15. The van der Waals surface area contributed by atoms with Crippen LogP contribution in [0.5, 0.6) is 0 Å². The van der Waals surface area contributed by atoms with Crippen LogP contribution >= 0.6 is 11.8 Å². The Kier molecular flexibility index (Phi) is 2.45. The predicted octanol–water partition coefficient (Wildman–Crippen LogP) is -0.117. The normalized spacial score (nSPS) is 17.3. The van der Waals surface area contributed by atoms with Crippen LogP contribution in [0.25, 0.3) is 0 Å². The fourth-order valence-corrected chi connectivity index (χ4v) is 1.82. The molecule has 1 aliphatic rings. The molecule has 0 N–H and O–H groups in total. The van der Waals surface area contributed by atoms with Gasteiger partial charge in [0, 0.05) is 18.5 Å². The molecule has 6 heteroatoms. The maximum atomic E-state index is 11.4. The van der Waals surface area contributed by atoms with E-state index in [1.807, 2.05) is 0 Å². The zero-order valence-corrected chi connectivity index (χ0v) is 7.95. The smallest absolute Gasteiger partial charge is 0.288 e. The summed E-state index contributed by atoms with van der Waals surface area (Å²) in [5, 5.41) is -0.435. The summed E-state index contributed by atoms with van der Waals surface area (Å²) >= 11 is 1.04. The molecule has 2 heterocycles. The molecule has 0 unspecified atom stereocenters. The average Bonchev–Trinajstić information content (AvgIpc) is 2.23. The summed E-state index contributed by atoms with van der Waals surface area (Å²) in [6.45, 7) is 0.500. The summed E-state index contributed by atoms with van der Waals surface area (Å²) in [7, 11) is 0. The second-order valence-electron chi connectivity index (χ2n) is 2.61. The SMILES string of the molecule is O=C1SCCN(c2ccn[c]n2)C1=O. The highest BCUT2D eigenvalue weighted by Crippen LogP contribution is 2.18. The van der Waals surface area contributed by atoms with E-state index in [2.05, 4.69) is 16.3 Å². The van der Waals surface area contributed by atoms with Crippen molar-refractivity contribution >= 4 is 28.6 Å². The number of amides is 1. The molecule has 0 bridgehead atoms. The lowest BCUT2D eigenvalue weighted by atomic mass is 10.4. The van der Waals surface area contributed by atoms with Crippen LogP contribution in [-0.2, 0) is 9.59 Å². The van der Waals surface area contributed by atoms with Crippen molar-refractivity contribution in [3.05, 3.63) is 18.6 Å². The number of carbonyl (C=O) groups excluding carboxylic acids is 2. The van der Waals surface area contributed by atoms with Gasteiger partial charge < -0.3 is 0 Å². The molecular formula is C8H6N3O2S. The van der Waals surface area contributed by atoms with Gasteiger partial charge in [-0.15, -0.1) is 0 Å². The first-order valence-electron chi connectivity index (χ1n) is 3.97. The van der Waals surface area contributed by atoms with Crippen LogP contribution in [0, 0.1) is 6.33 Å². The molecule has 71 valence electrons. The van der Waals surface area contributed by atoms with E-state index < -0.39 is 11.0 Å². The van der Waals surface area contributed by atoms with Gasteiger partial charge in [0.1, 0.15) is 5.82 Å². The summed E-state index contributed by atoms with van der Waals surface area (Å²) in [5.41, 5.74) is 0. The summed E-state index contributed by atoms with van der Waals surface area (Å²) in [5.74, 6) is 0.515. The van der Waals surface area contributed by atoms with E-state index in [4.69, 9.17) is 0 Å². The van der Waals surface area contributed by atoms with Gasteiger partial charge in [-0.25, -0.2) is 9.97 Å². The maximum absolute atomic E-state index is 11.4. The topological polar surface area (TPSA) is 63.2 Å². The minimum Gasteiger partial charge on any atom is -0.288 e. The van der Waals surface area contributed by atoms with E-state index in [0.29, 0.717) is 18.1 Å². The Balaban J connectivity index is 2.26. The van der Waals surface area contributed by atoms with Gasteiger partial charge in [0.25, 0.3) is 5.12 Å². The quantitative estimate of drug-likeness (QED) is 0.602. The van der Waals surface area contributed by atoms with Gasteiger partial charge in [-0.1, -0.05) is 11.8 Å². The van der Waals surface area contributed by atoms with E-state index >= 15 is 0 Å². The Labute approximate surface area is 84.5 Å². The van der Waals surface area contributed by atoms with Crippen molar-refractivity contribution in [2.24, 2.45) is 0 Å². The number of hydrogen-bond donors (Lipinski definition) is 0. The molecule has 0 aliphatic carbocycles. The molecule has 0 atom stereocenters. The number of nitrogens with zero attached hydrogens (tertiary/aromatic N) is 3. The van der Waals surface area contributed by atoms with Crippen LogP contribution < -0.4 is 4.90 Å². The molecular weight excluding hydrogens is 202 g/mol. The molecule has 1 aromatic heterocycles. The second-order valence-corrected chi connectivity index (χ2v) is 3.68. The zero-order valence-electron chi connectivity index (χ0n) is 7.14. The van der Waals surface area contributed by atoms with Gasteiger partial charge in [0.15, 0.2) is 6.33 Å². The van der Waals surface area contributed by atoms with Crippen molar-refractivity contribution in [1.29, 1.82) is 0 Å². The molecule has 0 saturated carbocycles. The Hall–Kier alpha value is -1.43. The third kappa shape index (κ3) is 1.60. The van der Waals surface area contributed by atoms with Gasteiger partial charge in [-0.3, -0.25) is 14.5 Å². The highest BCUT2D eigenvalue weighted by atomic mass is 32.2. The van der Waals surface area contributed by atoms with Gasteiger partial charge in [-0.05, 0) is 6.07 Å². The molecule has 1 aliphatic heterocycles. The third-order valence-corrected chi connectivity index (χ3v) is 2.59. The monoisotopic (exact) mass is 208 g/mol. The molecule has 1 aromatic rings. The van der Waals surface area contributed by atoms with Crippen LogP contribution in [-0.4, -0.2) is 33.3 Å². The number of hydrogen-bond acceptors (Lipinski definition) is 5.